The molecular weight excluding hydrogens is 226 g/mol. The summed E-state index contributed by atoms with van der Waals surface area (Å²) >= 11 is 0. The Balaban J connectivity index is 1.81. The number of amides is 1. The van der Waals surface area contributed by atoms with Crippen molar-refractivity contribution in [3.8, 4) is 0 Å². The molecule has 3 nitrogen and oxygen atoms in total. The molecule has 0 spiro atoms. The van der Waals surface area contributed by atoms with Gasteiger partial charge in [-0.3, -0.25) is 4.79 Å². The van der Waals surface area contributed by atoms with Gasteiger partial charge in [0.25, 0.3) is 0 Å². The minimum Gasteiger partial charge on any atom is -0.396 e. The van der Waals surface area contributed by atoms with E-state index in [1.807, 2.05) is 31.2 Å². The Morgan fingerprint density at radius 3 is 2.72 bits per heavy atom. The highest BCUT2D eigenvalue weighted by atomic mass is 16.3. The van der Waals surface area contributed by atoms with Crippen molar-refractivity contribution in [2.45, 2.75) is 32.6 Å². The second kappa shape index (κ2) is 5.53. The molecule has 0 atom stereocenters. The smallest absolute Gasteiger partial charge is 0.224 e. The summed E-state index contributed by atoms with van der Waals surface area (Å²) in [5.41, 5.74) is 2.43. The Hall–Kier alpha value is -1.35. The summed E-state index contributed by atoms with van der Waals surface area (Å²) < 4.78 is 0. The first-order valence-electron chi connectivity index (χ1n) is 6.57. The molecule has 0 aliphatic heterocycles. The van der Waals surface area contributed by atoms with Crippen LogP contribution in [0.25, 0.3) is 0 Å². The van der Waals surface area contributed by atoms with Gasteiger partial charge in [-0.2, -0.15) is 0 Å². The van der Waals surface area contributed by atoms with Gasteiger partial charge in [-0.1, -0.05) is 24.3 Å². The van der Waals surface area contributed by atoms with E-state index in [1.54, 1.807) is 0 Å². The maximum absolute atomic E-state index is 11.9. The summed E-state index contributed by atoms with van der Waals surface area (Å²) in [4.78, 5) is 11.9. The maximum atomic E-state index is 11.9. The molecule has 18 heavy (non-hydrogen) atoms. The molecule has 1 saturated carbocycles. The van der Waals surface area contributed by atoms with Crippen LogP contribution in [0.2, 0.25) is 0 Å². The van der Waals surface area contributed by atoms with Crippen LogP contribution in [0.4, 0.5) is 0 Å². The number of hydrogen-bond donors (Lipinski definition) is 2. The lowest BCUT2D eigenvalue weighted by Crippen LogP contribution is -2.31. The minimum atomic E-state index is 0.0773. The third-order valence-corrected chi connectivity index (χ3v) is 3.87. The van der Waals surface area contributed by atoms with Gasteiger partial charge in [0.15, 0.2) is 0 Å². The summed E-state index contributed by atoms with van der Waals surface area (Å²) in [6.07, 6.45) is 3.50. The second-order valence-corrected chi connectivity index (χ2v) is 5.35. The molecule has 1 aliphatic carbocycles. The predicted molar refractivity (Wildman–Crippen MR) is 71.3 cm³/mol. The van der Waals surface area contributed by atoms with Crippen molar-refractivity contribution in [1.82, 2.24) is 5.32 Å². The molecule has 0 unspecified atom stereocenters. The number of aliphatic hydroxyl groups is 1. The first-order valence-corrected chi connectivity index (χ1v) is 6.57. The normalized spacial score (nSPS) is 16.3. The van der Waals surface area contributed by atoms with Crippen LogP contribution in [0, 0.1) is 12.3 Å². The number of benzene rings is 1. The first-order chi connectivity index (χ1) is 8.65. The molecule has 0 aromatic heterocycles. The van der Waals surface area contributed by atoms with Gasteiger partial charge < -0.3 is 10.4 Å². The highest BCUT2D eigenvalue weighted by Gasteiger charge is 2.41. The third kappa shape index (κ3) is 3.33. The average molecular weight is 247 g/mol. The predicted octanol–water partition coefficient (Wildman–Crippen LogP) is 1.82. The van der Waals surface area contributed by atoms with Crippen LogP contribution in [0.15, 0.2) is 24.3 Å². The molecular formula is C15H21NO2. The molecule has 3 heteroatoms. The van der Waals surface area contributed by atoms with E-state index in [4.69, 9.17) is 5.11 Å². The van der Waals surface area contributed by atoms with Gasteiger partial charge in [0, 0.05) is 13.2 Å². The number of carbonyl (C=O) groups excluding carboxylic acids is 1. The number of nitrogens with one attached hydrogen (secondary N) is 1. The third-order valence-electron chi connectivity index (χ3n) is 3.87. The fourth-order valence-electron chi connectivity index (χ4n) is 2.26. The Kier molecular flexibility index (Phi) is 4.02. The number of aryl methyl sites for hydroxylation is 1. The molecule has 1 aromatic carbocycles. The van der Waals surface area contributed by atoms with Gasteiger partial charge >= 0.3 is 0 Å². The van der Waals surface area contributed by atoms with E-state index >= 15 is 0 Å². The van der Waals surface area contributed by atoms with Crippen molar-refractivity contribution in [3.05, 3.63) is 35.4 Å². The van der Waals surface area contributed by atoms with E-state index in [-0.39, 0.29) is 17.9 Å². The number of hydrogen-bond acceptors (Lipinski definition) is 2. The monoisotopic (exact) mass is 247 g/mol. The summed E-state index contributed by atoms with van der Waals surface area (Å²) in [7, 11) is 0. The fourth-order valence-corrected chi connectivity index (χ4v) is 2.26. The molecule has 2 rings (SSSR count). The molecule has 98 valence electrons. The van der Waals surface area contributed by atoms with Crippen LogP contribution in [0.5, 0.6) is 0 Å². The lowest BCUT2D eigenvalue weighted by atomic mass is 10.0. The summed E-state index contributed by atoms with van der Waals surface area (Å²) in [6, 6.07) is 7.97. The lowest BCUT2D eigenvalue weighted by Gasteiger charge is -2.14. The van der Waals surface area contributed by atoms with Gasteiger partial charge in [0.1, 0.15) is 0 Å². The van der Waals surface area contributed by atoms with Crippen molar-refractivity contribution in [3.63, 3.8) is 0 Å². The van der Waals surface area contributed by atoms with E-state index in [0.29, 0.717) is 13.0 Å². The van der Waals surface area contributed by atoms with E-state index in [2.05, 4.69) is 5.32 Å². The molecule has 1 amide bonds. The zero-order chi connectivity index (χ0) is 13.0. The van der Waals surface area contributed by atoms with Crippen LogP contribution in [-0.4, -0.2) is 24.2 Å². The molecule has 2 N–H and O–H groups in total. The standard InChI is InChI=1S/C15H21NO2/c1-12-4-2-3-5-13(12)10-14(18)16-11-15(6-7-15)8-9-17/h2-5,17H,6-11H2,1H3,(H,16,18). The van der Waals surface area contributed by atoms with E-state index < -0.39 is 0 Å². The van der Waals surface area contributed by atoms with Crippen LogP contribution in [-0.2, 0) is 11.2 Å². The molecule has 0 radical (unpaired) electrons. The van der Waals surface area contributed by atoms with Crippen molar-refractivity contribution in [1.29, 1.82) is 0 Å². The summed E-state index contributed by atoms with van der Waals surface area (Å²) in [5, 5.41) is 12.0. The highest BCUT2D eigenvalue weighted by Crippen LogP contribution is 2.47. The van der Waals surface area contributed by atoms with Gasteiger partial charge in [0.05, 0.1) is 6.42 Å². The Bertz CT molecular complexity index is 424. The zero-order valence-electron chi connectivity index (χ0n) is 10.9. The summed E-state index contributed by atoms with van der Waals surface area (Å²) in [5.74, 6) is 0.0773. The van der Waals surface area contributed by atoms with E-state index in [0.717, 1.165) is 30.4 Å². The quantitative estimate of drug-likeness (QED) is 0.805. The van der Waals surface area contributed by atoms with Gasteiger partial charge in [0.2, 0.25) is 5.91 Å². The van der Waals surface area contributed by atoms with Crippen LogP contribution in [0.1, 0.15) is 30.4 Å². The Morgan fingerprint density at radius 2 is 2.11 bits per heavy atom. The molecule has 1 fully saturated rings. The highest BCUT2D eigenvalue weighted by molar-refractivity contribution is 5.79. The molecule has 0 bridgehead atoms. The number of aliphatic hydroxyl groups excluding tert-OH is 1. The van der Waals surface area contributed by atoms with Gasteiger partial charge in [-0.25, -0.2) is 0 Å². The first kappa shape index (κ1) is 13.1. The largest absolute Gasteiger partial charge is 0.396 e. The van der Waals surface area contributed by atoms with Gasteiger partial charge in [-0.05, 0) is 42.7 Å². The second-order valence-electron chi connectivity index (χ2n) is 5.35. The van der Waals surface area contributed by atoms with Crippen LogP contribution < -0.4 is 5.32 Å². The number of carbonyl (C=O) groups is 1. The maximum Gasteiger partial charge on any atom is 0.224 e. The Labute approximate surface area is 108 Å². The van der Waals surface area contributed by atoms with Crippen molar-refractivity contribution in [2.75, 3.05) is 13.2 Å². The molecule has 0 saturated heterocycles. The van der Waals surface area contributed by atoms with Crippen molar-refractivity contribution >= 4 is 5.91 Å². The average Bonchev–Trinajstić information content (AvgIpc) is 3.11. The molecule has 1 aliphatic rings. The van der Waals surface area contributed by atoms with E-state index in [1.165, 1.54) is 0 Å². The van der Waals surface area contributed by atoms with Gasteiger partial charge in [-0.15, -0.1) is 0 Å². The minimum absolute atomic E-state index is 0.0773. The lowest BCUT2D eigenvalue weighted by molar-refractivity contribution is -0.120. The Morgan fingerprint density at radius 1 is 1.39 bits per heavy atom. The van der Waals surface area contributed by atoms with Crippen molar-refractivity contribution < 1.29 is 9.90 Å². The van der Waals surface area contributed by atoms with Crippen molar-refractivity contribution in [2.24, 2.45) is 5.41 Å². The SMILES string of the molecule is Cc1ccccc1CC(=O)NCC1(CCO)CC1. The topological polar surface area (TPSA) is 49.3 Å². The molecule has 0 heterocycles. The van der Waals surface area contributed by atoms with E-state index in [9.17, 15) is 4.79 Å². The fraction of sp³-hybridized carbons (Fsp3) is 0.533. The summed E-state index contributed by atoms with van der Waals surface area (Å²) in [6.45, 7) is 2.95. The van der Waals surface area contributed by atoms with Crippen LogP contribution >= 0.6 is 0 Å². The number of rotatable bonds is 6. The molecule has 1 aromatic rings. The zero-order valence-corrected chi connectivity index (χ0v) is 10.9. The van der Waals surface area contributed by atoms with Crippen LogP contribution in [0.3, 0.4) is 0 Å².